The Morgan fingerprint density at radius 2 is 1.81 bits per heavy atom. The summed E-state index contributed by atoms with van der Waals surface area (Å²) in [6, 6.07) is 9.73. The van der Waals surface area contributed by atoms with Crippen molar-refractivity contribution in [2.75, 3.05) is 6.67 Å². The number of alkyl halides is 3. The van der Waals surface area contributed by atoms with Crippen LogP contribution in [0.1, 0.15) is 42.7 Å². The van der Waals surface area contributed by atoms with Crippen LogP contribution in [0.15, 0.2) is 48.9 Å². The van der Waals surface area contributed by atoms with Crippen LogP contribution in [-0.2, 0) is 0 Å². The molecule has 0 fully saturated rings. The zero-order valence-electron chi connectivity index (χ0n) is 17.7. The van der Waals surface area contributed by atoms with Crippen LogP contribution >= 0.6 is 11.6 Å². The standard InChI is InChI=1S/C23H22ClF3N4O/c1-13(2)20-17(10-28-12-29-20)19-9-15(21(32)31-23(3,11-25)22(26)27)8-18(30-19)14-4-6-16(24)7-5-14/h4-10,12-13,22H,11H2,1-3H3,(H,31,32). The number of aromatic nitrogens is 3. The first-order valence-electron chi connectivity index (χ1n) is 9.89. The molecule has 2 aromatic heterocycles. The van der Waals surface area contributed by atoms with Crippen LogP contribution in [0.5, 0.6) is 0 Å². The van der Waals surface area contributed by atoms with Gasteiger partial charge in [-0.25, -0.2) is 28.1 Å². The van der Waals surface area contributed by atoms with Gasteiger partial charge in [0.15, 0.2) is 0 Å². The van der Waals surface area contributed by atoms with Crippen molar-refractivity contribution in [3.05, 3.63) is 65.2 Å². The molecule has 168 valence electrons. The average Bonchev–Trinajstić information content (AvgIpc) is 2.78. The highest BCUT2D eigenvalue weighted by Gasteiger charge is 2.37. The summed E-state index contributed by atoms with van der Waals surface area (Å²) in [7, 11) is 0. The van der Waals surface area contributed by atoms with Gasteiger partial charge in [0.1, 0.15) is 18.5 Å². The third kappa shape index (κ3) is 5.07. The predicted molar refractivity (Wildman–Crippen MR) is 118 cm³/mol. The van der Waals surface area contributed by atoms with Gasteiger partial charge in [0.2, 0.25) is 0 Å². The molecule has 1 unspecified atom stereocenters. The molecule has 3 aromatic rings. The predicted octanol–water partition coefficient (Wildman–Crippen LogP) is 5.71. The Balaban J connectivity index is 2.16. The van der Waals surface area contributed by atoms with E-state index in [0.29, 0.717) is 33.2 Å². The van der Waals surface area contributed by atoms with Gasteiger partial charge in [-0.15, -0.1) is 0 Å². The van der Waals surface area contributed by atoms with Crippen LogP contribution in [0.25, 0.3) is 22.5 Å². The number of halogens is 4. The highest BCUT2D eigenvalue weighted by molar-refractivity contribution is 6.30. The van der Waals surface area contributed by atoms with Gasteiger partial charge in [0, 0.05) is 27.9 Å². The number of nitrogens with one attached hydrogen (secondary N) is 1. The van der Waals surface area contributed by atoms with Gasteiger partial charge in [-0.3, -0.25) is 4.79 Å². The van der Waals surface area contributed by atoms with E-state index in [9.17, 15) is 18.0 Å². The van der Waals surface area contributed by atoms with Gasteiger partial charge in [-0.05, 0) is 37.1 Å². The monoisotopic (exact) mass is 462 g/mol. The molecule has 1 amide bonds. The molecule has 0 aliphatic heterocycles. The Labute approximate surface area is 189 Å². The van der Waals surface area contributed by atoms with Crippen molar-refractivity contribution >= 4 is 17.5 Å². The molecule has 0 saturated heterocycles. The minimum atomic E-state index is -3.08. The van der Waals surface area contributed by atoms with Gasteiger partial charge in [-0.1, -0.05) is 37.6 Å². The first-order chi connectivity index (χ1) is 15.1. The highest BCUT2D eigenvalue weighted by Crippen LogP contribution is 2.30. The van der Waals surface area contributed by atoms with Crippen LogP contribution in [0.2, 0.25) is 5.02 Å². The Morgan fingerprint density at radius 3 is 2.41 bits per heavy atom. The lowest BCUT2D eigenvalue weighted by Gasteiger charge is -2.26. The van der Waals surface area contributed by atoms with Crippen molar-refractivity contribution in [3.63, 3.8) is 0 Å². The number of pyridine rings is 1. The Bertz CT molecular complexity index is 1110. The zero-order valence-corrected chi connectivity index (χ0v) is 18.5. The fourth-order valence-corrected chi connectivity index (χ4v) is 3.17. The number of carbonyl (C=O) groups is 1. The summed E-state index contributed by atoms with van der Waals surface area (Å²) >= 11 is 5.97. The first kappa shape index (κ1) is 23.7. The third-order valence-electron chi connectivity index (χ3n) is 4.95. The summed E-state index contributed by atoms with van der Waals surface area (Å²) in [5, 5.41) is 2.64. The van der Waals surface area contributed by atoms with Gasteiger partial charge in [0.05, 0.1) is 17.1 Å². The number of hydrogen-bond acceptors (Lipinski definition) is 4. The molecule has 5 nitrogen and oxygen atoms in total. The second-order valence-electron chi connectivity index (χ2n) is 7.92. The highest BCUT2D eigenvalue weighted by atomic mass is 35.5. The van der Waals surface area contributed by atoms with Gasteiger partial charge in [0.25, 0.3) is 12.3 Å². The van der Waals surface area contributed by atoms with Crippen molar-refractivity contribution in [1.29, 1.82) is 0 Å². The molecule has 0 saturated carbocycles. The summed E-state index contributed by atoms with van der Waals surface area (Å²) in [6.45, 7) is 3.46. The lowest BCUT2D eigenvalue weighted by molar-refractivity contribution is 0.0239. The summed E-state index contributed by atoms with van der Waals surface area (Å²) < 4.78 is 40.0. The molecule has 0 aliphatic carbocycles. The van der Waals surface area contributed by atoms with E-state index in [0.717, 1.165) is 6.92 Å². The minimum Gasteiger partial charge on any atom is -0.339 e. The fraction of sp³-hybridized carbons (Fsp3) is 0.304. The number of nitrogens with zero attached hydrogens (tertiary/aromatic N) is 3. The maximum absolute atomic E-state index is 13.3. The molecule has 2 heterocycles. The van der Waals surface area contributed by atoms with E-state index < -0.39 is 24.5 Å². The molecule has 0 aliphatic rings. The molecule has 3 rings (SSSR count). The van der Waals surface area contributed by atoms with Crippen LogP contribution in [0, 0.1) is 0 Å². The molecule has 1 atom stereocenters. The van der Waals surface area contributed by atoms with E-state index in [1.807, 2.05) is 13.8 Å². The molecule has 1 N–H and O–H groups in total. The smallest absolute Gasteiger partial charge is 0.263 e. The molecule has 0 spiro atoms. The number of benzene rings is 1. The average molecular weight is 463 g/mol. The van der Waals surface area contributed by atoms with E-state index in [2.05, 4.69) is 20.3 Å². The Hall–Kier alpha value is -3.00. The molecule has 1 aromatic carbocycles. The van der Waals surface area contributed by atoms with Crippen molar-refractivity contribution in [2.45, 2.75) is 38.7 Å². The fourth-order valence-electron chi connectivity index (χ4n) is 3.04. The quantitative estimate of drug-likeness (QED) is 0.488. The van der Waals surface area contributed by atoms with Crippen LogP contribution < -0.4 is 5.32 Å². The van der Waals surface area contributed by atoms with Crippen molar-refractivity contribution < 1.29 is 18.0 Å². The van der Waals surface area contributed by atoms with E-state index in [1.54, 1.807) is 30.5 Å². The molecule has 0 bridgehead atoms. The largest absolute Gasteiger partial charge is 0.339 e. The van der Waals surface area contributed by atoms with E-state index >= 15 is 0 Å². The number of rotatable bonds is 7. The zero-order chi connectivity index (χ0) is 23.5. The maximum Gasteiger partial charge on any atom is 0.263 e. The Morgan fingerprint density at radius 1 is 1.16 bits per heavy atom. The SMILES string of the molecule is CC(C)c1ncncc1-c1cc(C(=O)NC(C)(CF)C(F)F)cc(-c2ccc(Cl)cc2)n1. The van der Waals surface area contributed by atoms with Gasteiger partial charge >= 0.3 is 0 Å². The second-order valence-corrected chi connectivity index (χ2v) is 8.35. The maximum atomic E-state index is 13.3. The molecule has 32 heavy (non-hydrogen) atoms. The lowest BCUT2D eigenvalue weighted by atomic mass is 9.99. The Kier molecular flexibility index (Phi) is 7.13. The molecule has 0 radical (unpaired) electrons. The first-order valence-corrected chi connectivity index (χ1v) is 10.3. The van der Waals surface area contributed by atoms with Crippen molar-refractivity contribution in [3.8, 4) is 22.5 Å². The van der Waals surface area contributed by atoms with Gasteiger partial charge in [-0.2, -0.15) is 0 Å². The summed E-state index contributed by atoms with van der Waals surface area (Å²) in [4.78, 5) is 25.9. The van der Waals surface area contributed by atoms with E-state index in [1.165, 1.54) is 18.5 Å². The van der Waals surface area contributed by atoms with Crippen LogP contribution in [0.4, 0.5) is 13.2 Å². The number of hydrogen-bond donors (Lipinski definition) is 1. The number of amides is 1. The third-order valence-corrected chi connectivity index (χ3v) is 5.20. The van der Waals surface area contributed by atoms with Crippen LogP contribution in [-0.4, -0.2) is 39.5 Å². The van der Waals surface area contributed by atoms with Gasteiger partial charge < -0.3 is 5.32 Å². The topological polar surface area (TPSA) is 67.8 Å². The second kappa shape index (κ2) is 9.65. The summed E-state index contributed by atoms with van der Waals surface area (Å²) in [5.74, 6) is -0.799. The lowest BCUT2D eigenvalue weighted by Crippen LogP contribution is -2.53. The minimum absolute atomic E-state index is 0.0416. The summed E-state index contributed by atoms with van der Waals surface area (Å²) in [5.41, 5.74) is 0.546. The van der Waals surface area contributed by atoms with Crippen molar-refractivity contribution in [2.24, 2.45) is 0 Å². The number of carbonyl (C=O) groups excluding carboxylic acids is 1. The normalized spacial score (nSPS) is 13.3. The molecule has 9 heteroatoms. The van der Waals surface area contributed by atoms with E-state index in [-0.39, 0.29) is 11.5 Å². The van der Waals surface area contributed by atoms with E-state index in [4.69, 9.17) is 11.6 Å². The molecular formula is C23H22ClF3N4O. The summed E-state index contributed by atoms with van der Waals surface area (Å²) in [6.07, 6.45) is -0.0724. The van der Waals surface area contributed by atoms with Crippen molar-refractivity contribution in [1.82, 2.24) is 20.3 Å². The van der Waals surface area contributed by atoms with Crippen LogP contribution in [0.3, 0.4) is 0 Å². The molecular weight excluding hydrogens is 441 g/mol.